The second-order valence-electron chi connectivity index (χ2n) is 5.30. The van der Waals surface area contributed by atoms with Crippen molar-refractivity contribution in [1.82, 2.24) is 9.80 Å². The van der Waals surface area contributed by atoms with E-state index in [0.717, 1.165) is 0 Å². The van der Waals surface area contributed by atoms with Gasteiger partial charge in [0.05, 0.1) is 11.8 Å². The number of rotatable bonds is 4. The molecule has 1 aliphatic rings. The second kappa shape index (κ2) is 6.70. The first-order valence-electron chi connectivity index (χ1n) is 7.37. The monoisotopic (exact) mass is 318 g/mol. The van der Waals surface area contributed by atoms with Crippen molar-refractivity contribution in [2.75, 3.05) is 33.3 Å². The molecule has 2 amide bonds. The molecule has 0 saturated carbocycles. The Morgan fingerprint density at radius 2 is 1.78 bits per heavy atom. The molecule has 0 atom stereocenters. The third-order valence-corrected chi connectivity index (χ3v) is 3.78. The molecule has 0 radical (unpaired) electrons. The van der Waals surface area contributed by atoms with Gasteiger partial charge in [-0.1, -0.05) is 0 Å². The van der Waals surface area contributed by atoms with Crippen LogP contribution in [0.25, 0.3) is 0 Å². The summed E-state index contributed by atoms with van der Waals surface area (Å²) in [6.45, 7) is 2.26. The van der Waals surface area contributed by atoms with E-state index in [1.807, 2.05) is 0 Å². The van der Waals surface area contributed by atoms with Gasteiger partial charge in [-0.3, -0.25) is 9.59 Å². The van der Waals surface area contributed by atoms with Gasteiger partial charge in [-0.15, -0.1) is 0 Å². The number of carbonyl (C=O) groups is 2. The van der Waals surface area contributed by atoms with E-state index in [9.17, 15) is 9.59 Å². The minimum absolute atomic E-state index is 0.0776. The fraction of sp³-hybridized carbons (Fsp3) is 0.375. The molecule has 122 valence electrons. The maximum atomic E-state index is 12.4. The molecule has 7 nitrogen and oxygen atoms in total. The smallest absolute Gasteiger partial charge is 0.289 e. The highest BCUT2D eigenvalue weighted by Gasteiger charge is 2.27. The highest BCUT2D eigenvalue weighted by atomic mass is 16.5. The van der Waals surface area contributed by atoms with Crippen molar-refractivity contribution < 1.29 is 23.2 Å². The lowest BCUT2D eigenvalue weighted by Gasteiger charge is -2.34. The Labute approximate surface area is 133 Å². The van der Waals surface area contributed by atoms with Crippen LogP contribution in [0, 0.1) is 0 Å². The van der Waals surface area contributed by atoms with Gasteiger partial charge in [-0.05, 0) is 18.2 Å². The number of furan rings is 2. The molecule has 7 heteroatoms. The Morgan fingerprint density at radius 1 is 1.09 bits per heavy atom. The largest absolute Gasteiger partial charge is 0.472 e. The van der Waals surface area contributed by atoms with Crippen LogP contribution in [0.1, 0.15) is 26.7 Å². The zero-order valence-corrected chi connectivity index (χ0v) is 12.9. The van der Waals surface area contributed by atoms with Crippen LogP contribution in [-0.4, -0.2) is 54.9 Å². The molecule has 23 heavy (non-hydrogen) atoms. The van der Waals surface area contributed by atoms with Crippen molar-refractivity contribution >= 4 is 11.8 Å². The van der Waals surface area contributed by atoms with Crippen LogP contribution >= 0.6 is 0 Å². The first-order valence-corrected chi connectivity index (χ1v) is 7.37. The van der Waals surface area contributed by atoms with Gasteiger partial charge in [0.1, 0.15) is 18.6 Å². The van der Waals surface area contributed by atoms with Crippen LogP contribution in [-0.2, 0) is 11.3 Å². The standard InChI is InChI=1S/C16H18N2O5/c1-21-11-13-2-3-14(23-13)16(20)18-7-5-17(6-8-18)15(19)12-4-9-22-10-12/h2-4,9-10H,5-8,11H2,1H3. The number of amides is 2. The fourth-order valence-electron chi connectivity index (χ4n) is 2.55. The summed E-state index contributed by atoms with van der Waals surface area (Å²) in [5.41, 5.74) is 0.528. The lowest BCUT2D eigenvalue weighted by atomic mass is 10.2. The van der Waals surface area contributed by atoms with Crippen LogP contribution < -0.4 is 0 Å². The van der Waals surface area contributed by atoms with Gasteiger partial charge in [0.15, 0.2) is 5.76 Å². The van der Waals surface area contributed by atoms with E-state index in [4.69, 9.17) is 13.6 Å². The molecule has 0 spiro atoms. The highest BCUT2D eigenvalue weighted by Crippen LogP contribution is 2.14. The van der Waals surface area contributed by atoms with Gasteiger partial charge < -0.3 is 23.4 Å². The first-order chi connectivity index (χ1) is 11.2. The summed E-state index contributed by atoms with van der Waals surface area (Å²) < 4.78 is 15.4. The summed E-state index contributed by atoms with van der Waals surface area (Å²) in [7, 11) is 1.57. The third-order valence-electron chi connectivity index (χ3n) is 3.78. The predicted molar refractivity (Wildman–Crippen MR) is 79.9 cm³/mol. The van der Waals surface area contributed by atoms with Crippen molar-refractivity contribution in [3.8, 4) is 0 Å². The van der Waals surface area contributed by atoms with Crippen molar-refractivity contribution in [1.29, 1.82) is 0 Å². The summed E-state index contributed by atoms with van der Waals surface area (Å²) in [5, 5.41) is 0. The van der Waals surface area contributed by atoms with Crippen LogP contribution in [0.15, 0.2) is 39.6 Å². The number of piperazine rings is 1. The van der Waals surface area contributed by atoms with Crippen molar-refractivity contribution in [2.45, 2.75) is 6.61 Å². The zero-order valence-electron chi connectivity index (χ0n) is 12.9. The average Bonchev–Trinajstić information content (AvgIpc) is 3.26. The molecule has 1 aliphatic heterocycles. The minimum Gasteiger partial charge on any atom is -0.472 e. The summed E-state index contributed by atoms with van der Waals surface area (Å²) in [6.07, 6.45) is 2.90. The Bertz CT molecular complexity index is 668. The molecular formula is C16H18N2O5. The Morgan fingerprint density at radius 3 is 2.39 bits per heavy atom. The minimum atomic E-state index is -0.164. The SMILES string of the molecule is COCc1ccc(C(=O)N2CCN(C(=O)c3ccoc3)CC2)o1. The van der Waals surface area contributed by atoms with Gasteiger partial charge in [0.25, 0.3) is 11.8 Å². The Hall–Kier alpha value is -2.54. The Kier molecular flexibility index (Phi) is 4.47. The van der Waals surface area contributed by atoms with Gasteiger partial charge >= 0.3 is 0 Å². The number of carbonyl (C=O) groups excluding carboxylic acids is 2. The van der Waals surface area contributed by atoms with Gasteiger partial charge in [0.2, 0.25) is 0 Å². The zero-order chi connectivity index (χ0) is 16.2. The lowest BCUT2D eigenvalue weighted by Crippen LogP contribution is -2.50. The number of methoxy groups -OCH3 is 1. The molecule has 1 saturated heterocycles. The van der Waals surface area contributed by atoms with E-state index in [2.05, 4.69) is 0 Å². The summed E-state index contributed by atoms with van der Waals surface area (Å²) in [5.74, 6) is 0.672. The summed E-state index contributed by atoms with van der Waals surface area (Å²) >= 11 is 0. The topological polar surface area (TPSA) is 76.1 Å². The van der Waals surface area contributed by atoms with E-state index >= 15 is 0 Å². The summed E-state index contributed by atoms with van der Waals surface area (Å²) in [4.78, 5) is 28.0. The van der Waals surface area contributed by atoms with Gasteiger partial charge in [-0.2, -0.15) is 0 Å². The first kappa shape index (κ1) is 15.4. The van der Waals surface area contributed by atoms with Crippen LogP contribution in [0.2, 0.25) is 0 Å². The number of nitrogens with zero attached hydrogens (tertiary/aromatic N) is 2. The maximum absolute atomic E-state index is 12.4. The quantitative estimate of drug-likeness (QED) is 0.856. The fourth-order valence-corrected chi connectivity index (χ4v) is 2.55. The maximum Gasteiger partial charge on any atom is 0.289 e. The number of hydrogen-bond acceptors (Lipinski definition) is 5. The highest BCUT2D eigenvalue weighted by molar-refractivity contribution is 5.94. The summed E-state index contributed by atoms with van der Waals surface area (Å²) in [6, 6.07) is 5.02. The molecule has 0 N–H and O–H groups in total. The van der Waals surface area contributed by atoms with E-state index in [0.29, 0.717) is 49.9 Å². The molecule has 2 aromatic heterocycles. The van der Waals surface area contributed by atoms with Crippen LogP contribution in [0.3, 0.4) is 0 Å². The molecule has 1 fully saturated rings. The van der Waals surface area contributed by atoms with E-state index in [1.54, 1.807) is 35.1 Å². The van der Waals surface area contributed by atoms with E-state index in [-0.39, 0.29) is 11.8 Å². The third kappa shape index (κ3) is 3.29. The molecule has 3 heterocycles. The molecule has 0 unspecified atom stereocenters. The van der Waals surface area contributed by atoms with Crippen molar-refractivity contribution in [3.05, 3.63) is 47.8 Å². The molecule has 3 rings (SSSR count). The van der Waals surface area contributed by atoms with Gasteiger partial charge in [-0.25, -0.2) is 0 Å². The molecule has 0 bridgehead atoms. The second-order valence-corrected chi connectivity index (χ2v) is 5.30. The lowest BCUT2D eigenvalue weighted by molar-refractivity contribution is 0.0514. The molecule has 0 aliphatic carbocycles. The van der Waals surface area contributed by atoms with Gasteiger partial charge in [0, 0.05) is 33.3 Å². The van der Waals surface area contributed by atoms with Crippen LogP contribution in [0.5, 0.6) is 0 Å². The normalized spacial score (nSPS) is 15.0. The van der Waals surface area contributed by atoms with E-state index in [1.165, 1.54) is 12.5 Å². The van der Waals surface area contributed by atoms with E-state index < -0.39 is 0 Å². The molecule has 2 aromatic rings. The molecule has 0 aromatic carbocycles. The average molecular weight is 318 g/mol. The Balaban J connectivity index is 1.57. The molecular weight excluding hydrogens is 300 g/mol. The predicted octanol–water partition coefficient (Wildman–Crippen LogP) is 1.62. The van der Waals surface area contributed by atoms with Crippen molar-refractivity contribution in [2.24, 2.45) is 0 Å². The number of hydrogen-bond donors (Lipinski definition) is 0. The number of ether oxygens (including phenoxy) is 1. The van der Waals surface area contributed by atoms with Crippen LogP contribution in [0.4, 0.5) is 0 Å². The van der Waals surface area contributed by atoms with Crippen molar-refractivity contribution in [3.63, 3.8) is 0 Å².